The Labute approximate surface area is 116 Å². The quantitative estimate of drug-likeness (QED) is 0.677. The molecule has 102 valence electrons. The van der Waals surface area contributed by atoms with Gasteiger partial charge in [-0.15, -0.1) is 0 Å². The minimum absolute atomic E-state index is 0.216. The van der Waals surface area contributed by atoms with Crippen LogP contribution in [-0.2, 0) is 6.54 Å². The monoisotopic (exact) mass is 268 g/mol. The molecule has 0 amide bonds. The second-order valence-corrected chi connectivity index (χ2v) is 4.76. The van der Waals surface area contributed by atoms with E-state index < -0.39 is 0 Å². The Kier molecular flexibility index (Phi) is 2.98. The number of nitrogens with zero attached hydrogens (tertiary/aromatic N) is 3. The first-order chi connectivity index (χ1) is 9.65. The number of nitrogen functional groups attached to an aromatic ring is 1. The van der Waals surface area contributed by atoms with Gasteiger partial charge in [0.1, 0.15) is 5.52 Å². The van der Waals surface area contributed by atoms with Crippen molar-refractivity contribution in [3.8, 4) is 0 Å². The van der Waals surface area contributed by atoms with Gasteiger partial charge in [0.25, 0.3) is 0 Å². The first-order valence-corrected chi connectivity index (χ1v) is 6.40. The zero-order valence-corrected chi connectivity index (χ0v) is 11.4. The minimum atomic E-state index is 0.216. The Morgan fingerprint density at radius 3 is 2.70 bits per heavy atom. The van der Waals surface area contributed by atoms with E-state index in [1.54, 1.807) is 6.33 Å². The van der Waals surface area contributed by atoms with Crippen molar-refractivity contribution in [3.63, 3.8) is 0 Å². The molecule has 0 unspecified atom stereocenters. The van der Waals surface area contributed by atoms with E-state index in [0.29, 0.717) is 18.0 Å². The highest BCUT2D eigenvalue weighted by molar-refractivity contribution is 5.83. The van der Waals surface area contributed by atoms with Gasteiger partial charge in [0.05, 0.1) is 6.33 Å². The minimum Gasteiger partial charge on any atom is -0.368 e. The van der Waals surface area contributed by atoms with Crippen LogP contribution in [0.5, 0.6) is 0 Å². The van der Waals surface area contributed by atoms with Gasteiger partial charge in [-0.1, -0.05) is 18.2 Å². The number of benzene rings is 1. The fourth-order valence-corrected chi connectivity index (χ4v) is 2.28. The molecule has 0 aliphatic heterocycles. The van der Waals surface area contributed by atoms with Crippen molar-refractivity contribution in [3.05, 3.63) is 41.2 Å². The fourth-order valence-electron chi connectivity index (χ4n) is 2.28. The standard InChI is InChI=1S/C14H16N6/c1-8-4-3-5-9(2)10(8)6-16-12-11-13(18-7-17-11)20-14(15)19-12/h3-5,7H,6H2,1-2H3,(H4,15,16,17,18,19,20). The molecule has 3 rings (SSSR count). The maximum atomic E-state index is 5.70. The van der Waals surface area contributed by atoms with E-state index in [1.165, 1.54) is 16.7 Å². The van der Waals surface area contributed by atoms with E-state index >= 15 is 0 Å². The normalized spacial score (nSPS) is 10.9. The van der Waals surface area contributed by atoms with Crippen molar-refractivity contribution in [2.75, 3.05) is 11.1 Å². The summed E-state index contributed by atoms with van der Waals surface area (Å²) in [5.41, 5.74) is 10.8. The lowest BCUT2D eigenvalue weighted by Gasteiger charge is -2.11. The molecule has 0 aliphatic rings. The number of H-pyrrole nitrogens is 1. The molecule has 6 heteroatoms. The summed E-state index contributed by atoms with van der Waals surface area (Å²) >= 11 is 0. The SMILES string of the molecule is Cc1cccc(C)c1CNc1nc(N)nc2nc[nH]c12. The first-order valence-electron chi connectivity index (χ1n) is 6.40. The molecule has 0 bridgehead atoms. The number of rotatable bonds is 3. The van der Waals surface area contributed by atoms with Crippen molar-refractivity contribution in [1.29, 1.82) is 0 Å². The van der Waals surface area contributed by atoms with E-state index in [9.17, 15) is 0 Å². The maximum absolute atomic E-state index is 5.70. The number of anilines is 2. The lowest BCUT2D eigenvalue weighted by atomic mass is 10.0. The number of fused-ring (bicyclic) bond motifs is 1. The molecule has 0 aliphatic carbocycles. The molecule has 0 saturated carbocycles. The van der Waals surface area contributed by atoms with Crippen molar-refractivity contribution in [2.45, 2.75) is 20.4 Å². The molecular formula is C14H16N6. The van der Waals surface area contributed by atoms with Gasteiger partial charge in [0.15, 0.2) is 11.5 Å². The molecule has 6 nitrogen and oxygen atoms in total. The zero-order chi connectivity index (χ0) is 14.1. The van der Waals surface area contributed by atoms with Crippen molar-refractivity contribution in [1.82, 2.24) is 19.9 Å². The molecule has 0 radical (unpaired) electrons. The van der Waals surface area contributed by atoms with E-state index in [0.717, 1.165) is 5.52 Å². The lowest BCUT2D eigenvalue weighted by Crippen LogP contribution is -2.07. The smallest absolute Gasteiger partial charge is 0.224 e. The van der Waals surface area contributed by atoms with Gasteiger partial charge in [-0.25, -0.2) is 4.98 Å². The number of aromatic nitrogens is 4. The molecule has 3 aromatic rings. The highest BCUT2D eigenvalue weighted by Gasteiger charge is 2.09. The molecule has 2 heterocycles. The molecule has 20 heavy (non-hydrogen) atoms. The van der Waals surface area contributed by atoms with E-state index in [4.69, 9.17) is 5.73 Å². The summed E-state index contributed by atoms with van der Waals surface area (Å²) in [6, 6.07) is 6.26. The van der Waals surface area contributed by atoms with Crippen LogP contribution in [-0.4, -0.2) is 19.9 Å². The summed E-state index contributed by atoms with van der Waals surface area (Å²) in [5, 5.41) is 3.31. The first kappa shape index (κ1) is 12.4. The fraction of sp³-hybridized carbons (Fsp3) is 0.214. The topological polar surface area (TPSA) is 92.5 Å². The van der Waals surface area contributed by atoms with Crippen molar-refractivity contribution < 1.29 is 0 Å². The molecule has 0 fully saturated rings. The summed E-state index contributed by atoms with van der Waals surface area (Å²) < 4.78 is 0. The van der Waals surface area contributed by atoms with Crippen LogP contribution < -0.4 is 11.1 Å². The van der Waals surface area contributed by atoms with E-state index in [2.05, 4.69) is 57.3 Å². The number of nitrogens with two attached hydrogens (primary N) is 1. The number of aryl methyl sites for hydroxylation is 2. The van der Waals surface area contributed by atoms with Crippen LogP contribution in [0.1, 0.15) is 16.7 Å². The average molecular weight is 268 g/mol. The van der Waals surface area contributed by atoms with Gasteiger partial charge >= 0.3 is 0 Å². The highest BCUT2D eigenvalue weighted by atomic mass is 15.1. The van der Waals surface area contributed by atoms with Gasteiger partial charge < -0.3 is 16.0 Å². The number of aromatic amines is 1. The molecule has 0 atom stereocenters. The summed E-state index contributed by atoms with van der Waals surface area (Å²) in [7, 11) is 0. The Balaban J connectivity index is 1.92. The van der Waals surface area contributed by atoms with Crippen LogP contribution in [0.2, 0.25) is 0 Å². The summed E-state index contributed by atoms with van der Waals surface area (Å²) in [4.78, 5) is 15.4. The molecule has 0 spiro atoms. The largest absolute Gasteiger partial charge is 0.368 e. The van der Waals surface area contributed by atoms with Crippen molar-refractivity contribution in [2.24, 2.45) is 0 Å². The summed E-state index contributed by atoms with van der Waals surface area (Å²) in [5.74, 6) is 0.890. The van der Waals surface area contributed by atoms with Crippen LogP contribution in [0.4, 0.5) is 11.8 Å². The summed E-state index contributed by atoms with van der Waals surface area (Å²) in [6.45, 7) is 4.89. The Morgan fingerprint density at radius 2 is 1.95 bits per heavy atom. The van der Waals surface area contributed by atoms with Gasteiger partial charge in [-0.2, -0.15) is 9.97 Å². The summed E-state index contributed by atoms with van der Waals surface area (Å²) in [6.07, 6.45) is 1.59. The Morgan fingerprint density at radius 1 is 1.20 bits per heavy atom. The van der Waals surface area contributed by atoms with Crippen LogP contribution in [0, 0.1) is 13.8 Å². The van der Waals surface area contributed by atoms with Crippen LogP contribution in [0.15, 0.2) is 24.5 Å². The zero-order valence-electron chi connectivity index (χ0n) is 11.4. The number of imidazole rings is 1. The molecular weight excluding hydrogens is 252 g/mol. The highest BCUT2D eigenvalue weighted by Crippen LogP contribution is 2.20. The molecule has 2 aromatic heterocycles. The van der Waals surface area contributed by atoms with Gasteiger partial charge in [-0.3, -0.25) is 0 Å². The third-order valence-electron chi connectivity index (χ3n) is 3.38. The van der Waals surface area contributed by atoms with E-state index in [-0.39, 0.29) is 5.95 Å². The van der Waals surface area contributed by atoms with Crippen LogP contribution in [0.25, 0.3) is 11.2 Å². The second kappa shape index (κ2) is 4.80. The molecule has 4 N–H and O–H groups in total. The lowest BCUT2D eigenvalue weighted by molar-refractivity contribution is 1.06. The number of hydrogen-bond donors (Lipinski definition) is 3. The van der Waals surface area contributed by atoms with Crippen molar-refractivity contribution >= 4 is 22.9 Å². The van der Waals surface area contributed by atoms with Gasteiger partial charge in [0.2, 0.25) is 5.95 Å². The number of nitrogens with one attached hydrogen (secondary N) is 2. The second-order valence-electron chi connectivity index (χ2n) is 4.76. The molecule has 1 aromatic carbocycles. The van der Waals surface area contributed by atoms with Gasteiger partial charge in [0, 0.05) is 6.54 Å². The maximum Gasteiger partial charge on any atom is 0.224 e. The Hall–Kier alpha value is -2.63. The third-order valence-corrected chi connectivity index (χ3v) is 3.38. The van der Waals surface area contributed by atoms with Crippen LogP contribution >= 0.6 is 0 Å². The Bertz CT molecular complexity index is 741. The average Bonchev–Trinajstić information content (AvgIpc) is 2.86. The predicted octanol–water partition coefficient (Wildman–Crippen LogP) is 2.16. The predicted molar refractivity (Wildman–Crippen MR) is 79.3 cm³/mol. The number of hydrogen-bond acceptors (Lipinski definition) is 5. The third kappa shape index (κ3) is 2.16. The van der Waals surface area contributed by atoms with Crippen LogP contribution in [0.3, 0.4) is 0 Å². The molecule has 0 saturated heterocycles. The van der Waals surface area contributed by atoms with E-state index in [1.807, 2.05) is 0 Å². The van der Waals surface area contributed by atoms with Gasteiger partial charge in [-0.05, 0) is 30.5 Å².